The molecule has 3 rings (SSSR count). The van der Waals surface area contributed by atoms with E-state index in [1.54, 1.807) is 0 Å². The van der Waals surface area contributed by atoms with E-state index in [-0.39, 0.29) is 11.4 Å². The Bertz CT molecular complexity index is 684. The van der Waals surface area contributed by atoms with E-state index in [1.807, 2.05) is 54.6 Å². The lowest BCUT2D eigenvalue weighted by Crippen LogP contribution is -2.49. The van der Waals surface area contributed by atoms with E-state index in [4.69, 9.17) is 9.47 Å². The maximum atomic E-state index is 12.0. The van der Waals surface area contributed by atoms with Crippen molar-refractivity contribution in [3.63, 3.8) is 0 Å². The van der Waals surface area contributed by atoms with Gasteiger partial charge in [-0.2, -0.15) is 0 Å². The number of urea groups is 1. The maximum absolute atomic E-state index is 12.0. The summed E-state index contributed by atoms with van der Waals surface area (Å²) in [7, 11) is 0. The van der Waals surface area contributed by atoms with Crippen LogP contribution in [0, 0.1) is 5.41 Å². The second-order valence-corrected chi connectivity index (χ2v) is 6.41. The summed E-state index contributed by atoms with van der Waals surface area (Å²) in [4.78, 5) is 12.0. The first kappa shape index (κ1) is 16.3. The molecule has 0 saturated carbocycles. The minimum atomic E-state index is -0.219. The van der Waals surface area contributed by atoms with E-state index in [1.165, 1.54) is 0 Å². The standard InChI is InChI=1S/C19H22N2O3/c1-19(13-23-14-19)12-20-18(22)21-16-8-5-9-17(10-16)24-11-15-6-3-2-4-7-15/h2-10H,11-14H2,1H3,(H2,20,21,22). The summed E-state index contributed by atoms with van der Waals surface area (Å²) in [6.07, 6.45) is 0. The number of nitrogens with one attached hydrogen (secondary N) is 2. The van der Waals surface area contributed by atoms with Crippen LogP contribution in [0.25, 0.3) is 0 Å². The highest BCUT2D eigenvalue weighted by atomic mass is 16.5. The molecule has 1 aliphatic rings. The predicted molar refractivity (Wildman–Crippen MR) is 93.2 cm³/mol. The molecule has 1 aliphatic heterocycles. The summed E-state index contributed by atoms with van der Waals surface area (Å²) in [5, 5.41) is 5.71. The van der Waals surface area contributed by atoms with Crippen molar-refractivity contribution in [3.8, 4) is 5.75 Å². The van der Waals surface area contributed by atoms with Crippen LogP contribution in [0.2, 0.25) is 0 Å². The molecule has 0 aliphatic carbocycles. The van der Waals surface area contributed by atoms with Crippen LogP contribution < -0.4 is 15.4 Å². The van der Waals surface area contributed by atoms with Gasteiger partial charge in [0.25, 0.3) is 0 Å². The lowest BCUT2D eigenvalue weighted by Gasteiger charge is -2.37. The number of rotatable bonds is 6. The summed E-state index contributed by atoms with van der Waals surface area (Å²) in [5.74, 6) is 0.719. The number of carbonyl (C=O) groups excluding carboxylic acids is 1. The van der Waals surface area contributed by atoms with Crippen LogP contribution in [-0.4, -0.2) is 25.8 Å². The molecule has 0 atom stereocenters. The molecule has 1 saturated heterocycles. The fourth-order valence-corrected chi connectivity index (χ4v) is 2.43. The van der Waals surface area contributed by atoms with Gasteiger partial charge in [0, 0.05) is 23.7 Å². The van der Waals surface area contributed by atoms with Gasteiger partial charge in [-0.25, -0.2) is 4.79 Å². The summed E-state index contributed by atoms with van der Waals surface area (Å²) < 4.78 is 10.9. The third-order valence-corrected chi connectivity index (χ3v) is 3.92. The lowest BCUT2D eigenvalue weighted by molar-refractivity contribution is -0.0974. The Labute approximate surface area is 142 Å². The molecule has 24 heavy (non-hydrogen) atoms. The molecule has 2 aromatic rings. The number of hydrogen-bond donors (Lipinski definition) is 2. The predicted octanol–water partition coefficient (Wildman–Crippen LogP) is 3.42. The maximum Gasteiger partial charge on any atom is 0.319 e. The number of hydrogen-bond acceptors (Lipinski definition) is 3. The first-order valence-corrected chi connectivity index (χ1v) is 8.02. The van der Waals surface area contributed by atoms with Crippen molar-refractivity contribution in [2.24, 2.45) is 5.41 Å². The number of amides is 2. The smallest absolute Gasteiger partial charge is 0.319 e. The summed E-state index contributed by atoms with van der Waals surface area (Å²) in [6.45, 7) is 4.57. The van der Waals surface area contributed by atoms with Crippen LogP contribution in [0.3, 0.4) is 0 Å². The molecule has 0 aromatic heterocycles. The van der Waals surface area contributed by atoms with Gasteiger partial charge in [-0.15, -0.1) is 0 Å². The minimum Gasteiger partial charge on any atom is -0.489 e. The first-order valence-electron chi connectivity index (χ1n) is 8.02. The first-order chi connectivity index (χ1) is 11.6. The molecule has 0 radical (unpaired) electrons. The van der Waals surface area contributed by atoms with Gasteiger partial charge in [0.2, 0.25) is 0 Å². The van der Waals surface area contributed by atoms with Crippen molar-refractivity contribution in [2.45, 2.75) is 13.5 Å². The van der Waals surface area contributed by atoms with E-state index in [0.29, 0.717) is 32.1 Å². The highest BCUT2D eigenvalue weighted by molar-refractivity contribution is 5.89. The van der Waals surface area contributed by atoms with E-state index in [0.717, 1.165) is 11.3 Å². The largest absolute Gasteiger partial charge is 0.489 e. The van der Waals surface area contributed by atoms with Crippen molar-refractivity contribution in [1.82, 2.24) is 5.32 Å². The van der Waals surface area contributed by atoms with E-state index >= 15 is 0 Å². The molecule has 1 heterocycles. The van der Waals surface area contributed by atoms with Gasteiger partial charge in [-0.1, -0.05) is 43.3 Å². The van der Waals surface area contributed by atoms with Gasteiger partial charge in [0.15, 0.2) is 0 Å². The van der Waals surface area contributed by atoms with E-state index < -0.39 is 0 Å². The van der Waals surface area contributed by atoms with Crippen LogP contribution in [0.4, 0.5) is 10.5 Å². The molecule has 5 nitrogen and oxygen atoms in total. The summed E-state index contributed by atoms with van der Waals surface area (Å²) in [6, 6.07) is 17.1. The molecule has 0 unspecified atom stereocenters. The van der Waals surface area contributed by atoms with E-state index in [9.17, 15) is 4.79 Å². The highest BCUT2D eigenvalue weighted by Gasteiger charge is 2.33. The van der Waals surface area contributed by atoms with Crippen molar-refractivity contribution in [1.29, 1.82) is 0 Å². The Morgan fingerprint density at radius 1 is 1.17 bits per heavy atom. The Morgan fingerprint density at radius 2 is 1.96 bits per heavy atom. The fourth-order valence-electron chi connectivity index (χ4n) is 2.43. The van der Waals surface area contributed by atoms with Crippen LogP contribution >= 0.6 is 0 Å². The normalized spacial score (nSPS) is 15.2. The average Bonchev–Trinajstić information content (AvgIpc) is 2.58. The van der Waals surface area contributed by atoms with Crippen molar-refractivity contribution >= 4 is 11.7 Å². The SMILES string of the molecule is CC1(CNC(=O)Nc2cccc(OCc3ccccc3)c2)COC1. The minimum absolute atomic E-state index is 0.0536. The van der Waals surface area contributed by atoms with Crippen LogP contribution in [-0.2, 0) is 11.3 Å². The van der Waals surface area contributed by atoms with Crippen molar-refractivity contribution in [2.75, 3.05) is 25.1 Å². The lowest BCUT2D eigenvalue weighted by atomic mass is 9.89. The second-order valence-electron chi connectivity index (χ2n) is 6.41. The Morgan fingerprint density at radius 3 is 2.67 bits per heavy atom. The van der Waals surface area contributed by atoms with Gasteiger partial charge >= 0.3 is 6.03 Å². The van der Waals surface area contributed by atoms with Crippen molar-refractivity contribution in [3.05, 3.63) is 60.2 Å². The number of carbonyl (C=O) groups is 1. The molecule has 5 heteroatoms. The number of benzene rings is 2. The Balaban J connectivity index is 1.50. The Hall–Kier alpha value is -2.53. The number of anilines is 1. The zero-order valence-corrected chi connectivity index (χ0v) is 13.7. The molecular weight excluding hydrogens is 304 g/mol. The second kappa shape index (κ2) is 7.36. The quantitative estimate of drug-likeness (QED) is 0.855. The van der Waals surface area contributed by atoms with Crippen LogP contribution in [0.15, 0.2) is 54.6 Å². The third kappa shape index (κ3) is 4.49. The molecule has 0 bridgehead atoms. The monoisotopic (exact) mass is 326 g/mol. The molecular formula is C19H22N2O3. The van der Waals surface area contributed by atoms with Crippen LogP contribution in [0.1, 0.15) is 12.5 Å². The zero-order chi connectivity index (χ0) is 16.8. The topological polar surface area (TPSA) is 59.6 Å². The van der Waals surface area contributed by atoms with Gasteiger partial charge in [0.1, 0.15) is 12.4 Å². The molecule has 2 N–H and O–H groups in total. The van der Waals surface area contributed by atoms with Crippen LogP contribution in [0.5, 0.6) is 5.75 Å². The van der Waals surface area contributed by atoms with Gasteiger partial charge in [-0.05, 0) is 17.7 Å². The molecule has 0 spiro atoms. The van der Waals surface area contributed by atoms with Gasteiger partial charge < -0.3 is 20.1 Å². The fraction of sp³-hybridized carbons (Fsp3) is 0.316. The van der Waals surface area contributed by atoms with Gasteiger partial charge in [-0.3, -0.25) is 0 Å². The third-order valence-electron chi connectivity index (χ3n) is 3.92. The summed E-state index contributed by atoms with van der Waals surface area (Å²) in [5.41, 5.74) is 1.86. The number of ether oxygens (including phenoxy) is 2. The molecule has 2 amide bonds. The summed E-state index contributed by atoms with van der Waals surface area (Å²) >= 11 is 0. The van der Waals surface area contributed by atoms with E-state index in [2.05, 4.69) is 17.6 Å². The Kier molecular flexibility index (Phi) is 5.01. The molecule has 2 aromatic carbocycles. The average molecular weight is 326 g/mol. The van der Waals surface area contributed by atoms with Gasteiger partial charge in [0.05, 0.1) is 13.2 Å². The molecule has 126 valence electrons. The zero-order valence-electron chi connectivity index (χ0n) is 13.7. The molecule has 1 fully saturated rings. The van der Waals surface area contributed by atoms with Crippen molar-refractivity contribution < 1.29 is 14.3 Å². The highest BCUT2D eigenvalue weighted by Crippen LogP contribution is 2.25.